The Bertz CT molecular complexity index is 304. The van der Waals surface area contributed by atoms with Crippen LogP contribution in [0.3, 0.4) is 0 Å². The van der Waals surface area contributed by atoms with Crippen LogP contribution in [0.4, 0.5) is 0 Å². The van der Waals surface area contributed by atoms with E-state index in [9.17, 15) is 4.79 Å². The maximum atomic E-state index is 11.5. The number of hydrogen-bond donors (Lipinski definition) is 2. The van der Waals surface area contributed by atoms with E-state index in [2.05, 4.69) is 10.6 Å². The predicted octanol–water partition coefficient (Wildman–Crippen LogP) is 0.127. The van der Waals surface area contributed by atoms with Crippen molar-refractivity contribution in [2.24, 2.45) is 0 Å². The van der Waals surface area contributed by atoms with E-state index >= 15 is 0 Å². The standard InChI is InChI=1S/C11H19N3O3/c1-8(2)14-11(15)9(5-12)6-13-7-10(16-3)17-4/h6,8,10,13H,7H2,1-4H3,(H,14,15)/b9-6-. The highest BCUT2D eigenvalue weighted by Gasteiger charge is 2.10. The molecule has 0 bridgehead atoms. The first kappa shape index (κ1) is 15.4. The van der Waals surface area contributed by atoms with Gasteiger partial charge in [-0.25, -0.2) is 0 Å². The van der Waals surface area contributed by atoms with Crippen LogP contribution >= 0.6 is 0 Å². The van der Waals surface area contributed by atoms with E-state index in [0.717, 1.165) is 0 Å². The summed E-state index contributed by atoms with van der Waals surface area (Å²) in [6.45, 7) is 4.01. The van der Waals surface area contributed by atoms with Crippen molar-refractivity contribution in [3.8, 4) is 6.07 Å². The summed E-state index contributed by atoms with van der Waals surface area (Å²) < 4.78 is 9.89. The minimum atomic E-state index is -0.417. The quantitative estimate of drug-likeness (QED) is 0.376. The maximum Gasteiger partial charge on any atom is 0.263 e. The van der Waals surface area contributed by atoms with Crippen molar-refractivity contribution in [1.82, 2.24) is 10.6 Å². The third-order valence-electron chi connectivity index (χ3n) is 1.84. The molecule has 96 valence electrons. The number of nitrogens with zero attached hydrogens (tertiary/aromatic N) is 1. The molecule has 0 aliphatic carbocycles. The van der Waals surface area contributed by atoms with Gasteiger partial charge in [-0.1, -0.05) is 0 Å². The van der Waals surface area contributed by atoms with Crippen LogP contribution in [0, 0.1) is 11.3 Å². The molecule has 0 spiro atoms. The van der Waals surface area contributed by atoms with Crippen LogP contribution in [0.25, 0.3) is 0 Å². The van der Waals surface area contributed by atoms with Crippen LogP contribution in [-0.4, -0.2) is 39.0 Å². The zero-order valence-corrected chi connectivity index (χ0v) is 10.6. The van der Waals surface area contributed by atoms with E-state index in [-0.39, 0.29) is 11.6 Å². The lowest BCUT2D eigenvalue weighted by atomic mass is 10.2. The zero-order valence-electron chi connectivity index (χ0n) is 10.6. The van der Waals surface area contributed by atoms with Gasteiger partial charge in [-0.3, -0.25) is 4.79 Å². The van der Waals surface area contributed by atoms with E-state index in [1.54, 1.807) is 0 Å². The molecule has 17 heavy (non-hydrogen) atoms. The number of carbonyl (C=O) groups excluding carboxylic acids is 1. The highest BCUT2D eigenvalue weighted by Crippen LogP contribution is 1.93. The average molecular weight is 241 g/mol. The maximum absolute atomic E-state index is 11.5. The van der Waals surface area contributed by atoms with Gasteiger partial charge in [0, 0.05) is 26.5 Å². The largest absolute Gasteiger partial charge is 0.385 e. The van der Waals surface area contributed by atoms with E-state index in [0.29, 0.717) is 6.54 Å². The van der Waals surface area contributed by atoms with Crippen molar-refractivity contribution in [2.75, 3.05) is 20.8 Å². The van der Waals surface area contributed by atoms with Crippen LogP contribution in [0.5, 0.6) is 0 Å². The molecule has 6 heteroatoms. The van der Waals surface area contributed by atoms with E-state index < -0.39 is 12.2 Å². The number of nitriles is 1. The molecule has 1 amide bonds. The molecule has 0 aliphatic heterocycles. The average Bonchev–Trinajstić information content (AvgIpc) is 2.28. The Morgan fingerprint density at radius 1 is 1.41 bits per heavy atom. The smallest absolute Gasteiger partial charge is 0.263 e. The van der Waals surface area contributed by atoms with Crippen molar-refractivity contribution < 1.29 is 14.3 Å². The number of ether oxygens (including phenoxy) is 2. The van der Waals surface area contributed by atoms with Gasteiger partial charge in [-0.2, -0.15) is 5.26 Å². The van der Waals surface area contributed by atoms with Gasteiger partial charge in [0.25, 0.3) is 5.91 Å². The molecule has 0 atom stereocenters. The highest BCUT2D eigenvalue weighted by molar-refractivity contribution is 5.97. The van der Waals surface area contributed by atoms with Crippen molar-refractivity contribution in [3.05, 3.63) is 11.8 Å². The van der Waals surface area contributed by atoms with Gasteiger partial charge in [-0.05, 0) is 13.8 Å². The Hall–Kier alpha value is -1.58. The lowest BCUT2D eigenvalue weighted by Gasteiger charge is -2.13. The Balaban J connectivity index is 4.28. The first-order valence-corrected chi connectivity index (χ1v) is 5.25. The molecule has 0 radical (unpaired) electrons. The van der Waals surface area contributed by atoms with E-state index in [4.69, 9.17) is 14.7 Å². The van der Waals surface area contributed by atoms with E-state index in [1.807, 2.05) is 19.9 Å². The van der Waals surface area contributed by atoms with Crippen LogP contribution in [0.1, 0.15) is 13.8 Å². The second-order valence-electron chi connectivity index (χ2n) is 3.61. The number of nitrogens with one attached hydrogen (secondary N) is 2. The second-order valence-corrected chi connectivity index (χ2v) is 3.61. The third kappa shape index (κ3) is 6.56. The Morgan fingerprint density at radius 3 is 2.41 bits per heavy atom. The molecule has 0 unspecified atom stereocenters. The Morgan fingerprint density at radius 2 is 2.00 bits per heavy atom. The van der Waals surface area contributed by atoms with Crippen LogP contribution in [0.2, 0.25) is 0 Å². The minimum absolute atomic E-state index is 0.00931. The summed E-state index contributed by atoms with van der Waals surface area (Å²) in [4.78, 5) is 11.5. The molecule has 0 aromatic heterocycles. The molecule has 6 nitrogen and oxygen atoms in total. The van der Waals surface area contributed by atoms with Gasteiger partial charge in [0.2, 0.25) is 0 Å². The lowest BCUT2D eigenvalue weighted by molar-refractivity contribution is -0.117. The summed E-state index contributed by atoms with van der Waals surface area (Å²) in [5.74, 6) is -0.401. The summed E-state index contributed by atoms with van der Waals surface area (Å²) in [6.07, 6.45) is 0.933. The first-order valence-electron chi connectivity index (χ1n) is 5.25. The summed E-state index contributed by atoms with van der Waals surface area (Å²) in [7, 11) is 3.02. The summed E-state index contributed by atoms with van der Waals surface area (Å²) in [5, 5.41) is 14.2. The lowest BCUT2D eigenvalue weighted by Crippen LogP contribution is -2.32. The van der Waals surface area contributed by atoms with Crippen molar-refractivity contribution in [3.63, 3.8) is 0 Å². The number of amides is 1. The van der Waals surface area contributed by atoms with Gasteiger partial charge in [0.1, 0.15) is 11.6 Å². The van der Waals surface area contributed by atoms with E-state index in [1.165, 1.54) is 20.4 Å². The molecule has 0 rings (SSSR count). The number of rotatable bonds is 7. The van der Waals surface area contributed by atoms with Gasteiger partial charge >= 0.3 is 0 Å². The van der Waals surface area contributed by atoms with Crippen molar-refractivity contribution >= 4 is 5.91 Å². The number of hydrogen-bond acceptors (Lipinski definition) is 5. The molecule has 0 fully saturated rings. The van der Waals surface area contributed by atoms with Gasteiger partial charge in [0.05, 0.1) is 6.54 Å². The highest BCUT2D eigenvalue weighted by atomic mass is 16.7. The molecular weight excluding hydrogens is 222 g/mol. The molecule has 0 saturated heterocycles. The predicted molar refractivity (Wildman–Crippen MR) is 62.8 cm³/mol. The fourth-order valence-electron chi connectivity index (χ4n) is 1.01. The molecule has 2 N–H and O–H groups in total. The Kier molecular flexibility index (Phi) is 7.76. The van der Waals surface area contributed by atoms with Gasteiger partial charge in [0.15, 0.2) is 6.29 Å². The third-order valence-corrected chi connectivity index (χ3v) is 1.84. The number of methoxy groups -OCH3 is 2. The van der Waals surface area contributed by atoms with Crippen molar-refractivity contribution in [1.29, 1.82) is 5.26 Å². The topological polar surface area (TPSA) is 83.4 Å². The molecule has 0 saturated carbocycles. The molecule has 0 aromatic rings. The summed E-state index contributed by atoms with van der Waals surface area (Å²) >= 11 is 0. The van der Waals surface area contributed by atoms with Crippen LogP contribution in [0.15, 0.2) is 11.8 Å². The fourth-order valence-corrected chi connectivity index (χ4v) is 1.01. The SMILES string of the molecule is COC(CN/C=C(/C#N)C(=O)NC(C)C)OC. The fraction of sp³-hybridized carbons (Fsp3) is 0.636. The zero-order chi connectivity index (χ0) is 13.3. The van der Waals surface area contributed by atoms with Crippen LogP contribution < -0.4 is 10.6 Å². The summed E-state index contributed by atoms with van der Waals surface area (Å²) in [5.41, 5.74) is 0.0182. The summed E-state index contributed by atoms with van der Waals surface area (Å²) in [6, 6.07) is 1.81. The van der Waals surface area contributed by atoms with Gasteiger partial charge in [-0.15, -0.1) is 0 Å². The molecule has 0 aliphatic rings. The van der Waals surface area contributed by atoms with Gasteiger partial charge < -0.3 is 20.1 Å². The molecular formula is C11H19N3O3. The van der Waals surface area contributed by atoms with Crippen molar-refractivity contribution in [2.45, 2.75) is 26.2 Å². The number of carbonyl (C=O) groups is 1. The normalized spacial score (nSPS) is 11.5. The second kappa shape index (κ2) is 8.56. The van der Waals surface area contributed by atoms with Crippen LogP contribution in [-0.2, 0) is 14.3 Å². The minimum Gasteiger partial charge on any atom is -0.385 e. The Labute approximate surface area is 102 Å². The monoisotopic (exact) mass is 241 g/mol. The first-order chi connectivity index (χ1) is 8.04. The molecule has 0 heterocycles. The molecule has 0 aromatic carbocycles.